The number of carbonyl (C=O) groups is 1. The summed E-state index contributed by atoms with van der Waals surface area (Å²) in [5.41, 5.74) is 1.08. The molecule has 5 atom stereocenters. The van der Waals surface area contributed by atoms with Gasteiger partial charge >= 0.3 is 0 Å². The summed E-state index contributed by atoms with van der Waals surface area (Å²) >= 11 is 0. The minimum Gasteiger partial charge on any atom is -0.392 e. The van der Waals surface area contributed by atoms with Crippen LogP contribution < -0.4 is 5.32 Å². The molecule has 5 rings (SSSR count). The summed E-state index contributed by atoms with van der Waals surface area (Å²) in [6.45, 7) is 2.17. The zero-order chi connectivity index (χ0) is 33.8. The second-order valence-electron chi connectivity index (χ2n) is 11.4. The van der Waals surface area contributed by atoms with Crippen molar-refractivity contribution in [3.8, 4) is 0 Å². The van der Waals surface area contributed by atoms with Crippen LogP contribution in [0.15, 0.2) is 78.9 Å². The van der Waals surface area contributed by atoms with Crippen molar-refractivity contribution in [2.45, 2.75) is 50.6 Å². The van der Waals surface area contributed by atoms with Crippen molar-refractivity contribution in [1.82, 2.24) is 4.90 Å². The van der Waals surface area contributed by atoms with Gasteiger partial charge in [0, 0.05) is 30.3 Å². The number of carbonyl (C=O) groups excluding carboxylic acids is 1. The summed E-state index contributed by atoms with van der Waals surface area (Å²) in [5.74, 6) is -12.9. The van der Waals surface area contributed by atoms with Crippen LogP contribution >= 0.6 is 0 Å². The first kappa shape index (κ1) is 34.1. The summed E-state index contributed by atoms with van der Waals surface area (Å²) in [6.07, 6.45) is -2.22. The Morgan fingerprint density at radius 2 is 1.51 bits per heavy atom. The molecule has 0 bridgehead atoms. The summed E-state index contributed by atoms with van der Waals surface area (Å²) in [4.78, 5) is 14.7. The summed E-state index contributed by atoms with van der Waals surface area (Å²) in [5, 5.41) is 22.7. The first-order chi connectivity index (χ1) is 22.5. The lowest BCUT2D eigenvalue weighted by Crippen LogP contribution is -2.43. The number of hydrogen-bond donors (Lipinski definition) is 3. The highest BCUT2D eigenvalue weighted by Crippen LogP contribution is 2.39. The van der Waals surface area contributed by atoms with Crippen LogP contribution in [0.3, 0.4) is 0 Å². The maximum atomic E-state index is 14.3. The van der Waals surface area contributed by atoms with Gasteiger partial charge in [-0.2, -0.15) is 0 Å². The normalized spacial score (nSPS) is 19.4. The fraction of sp³-hybridized carbons (Fsp3) is 0.286. The zero-order valence-corrected chi connectivity index (χ0v) is 25.5. The van der Waals surface area contributed by atoms with E-state index in [0.29, 0.717) is 18.5 Å². The van der Waals surface area contributed by atoms with Crippen molar-refractivity contribution in [3.05, 3.63) is 136 Å². The summed E-state index contributed by atoms with van der Waals surface area (Å²) in [7, 11) is 1.87. The molecule has 4 aromatic rings. The molecular weight excluding hydrogens is 623 g/mol. The molecule has 3 N–H and O–H groups in total. The Morgan fingerprint density at radius 1 is 0.872 bits per heavy atom. The van der Waals surface area contributed by atoms with E-state index in [1.54, 1.807) is 18.2 Å². The van der Waals surface area contributed by atoms with E-state index in [1.165, 1.54) is 18.2 Å². The molecule has 0 aromatic heterocycles. The predicted octanol–water partition coefficient (Wildman–Crippen LogP) is 6.73. The fourth-order valence-corrected chi connectivity index (χ4v) is 5.45. The quantitative estimate of drug-likeness (QED) is 0.0998. The van der Waals surface area contributed by atoms with Crippen LogP contribution in [0.1, 0.15) is 64.5 Å². The standard InChI is InChI=1S/C35H33F5N2O5/c1-19(33(44)22-7-4-3-5-8-22)42(2)17-25-16-26(21-13-11-20(18-43)12-14-21)47-35(46-25)23-9-6-10-24(15-23)41-34(45)27-28(36)30(38)32(40)31(39)29(27)37/h3-15,19,25-26,33,35,43-44H,16-18H2,1-2H3,(H,41,45)/t19-,25-,26+,33-,35+/m0/s1. The van der Waals surface area contributed by atoms with Crippen molar-refractivity contribution in [1.29, 1.82) is 0 Å². The van der Waals surface area contributed by atoms with Crippen molar-refractivity contribution in [2.24, 2.45) is 0 Å². The van der Waals surface area contributed by atoms with E-state index in [1.807, 2.05) is 61.3 Å². The molecule has 1 fully saturated rings. The van der Waals surface area contributed by atoms with Crippen molar-refractivity contribution in [2.75, 3.05) is 18.9 Å². The van der Waals surface area contributed by atoms with Crippen LogP contribution in [0.5, 0.6) is 0 Å². The molecule has 0 spiro atoms. The number of aliphatic hydroxyl groups is 2. The van der Waals surface area contributed by atoms with Crippen LogP contribution in [0.4, 0.5) is 27.6 Å². The van der Waals surface area contributed by atoms with Crippen LogP contribution in [-0.2, 0) is 16.1 Å². The lowest BCUT2D eigenvalue weighted by atomic mass is 9.98. The molecule has 1 heterocycles. The number of amides is 1. The predicted molar refractivity (Wildman–Crippen MR) is 163 cm³/mol. The van der Waals surface area contributed by atoms with Gasteiger partial charge in [-0.15, -0.1) is 0 Å². The first-order valence-corrected chi connectivity index (χ1v) is 14.8. The maximum absolute atomic E-state index is 14.3. The maximum Gasteiger partial charge on any atom is 0.261 e. The third-order valence-electron chi connectivity index (χ3n) is 8.25. The number of nitrogens with zero attached hydrogens (tertiary/aromatic N) is 1. The van der Waals surface area contributed by atoms with Crippen molar-refractivity contribution < 1.29 is 46.4 Å². The van der Waals surface area contributed by atoms with Crippen molar-refractivity contribution >= 4 is 11.6 Å². The molecule has 0 saturated carbocycles. The number of hydrogen-bond acceptors (Lipinski definition) is 6. The van der Waals surface area contributed by atoms with E-state index in [4.69, 9.17) is 9.47 Å². The van der Waals surface area contributed by atoms with Gasteiger partial charge in [-0.05, 0) is 42.8 Å². The number of nitrogens with one attached hydrogen (secondary N) is 1. The molecule has 1 aliphatic heterocycles. The van der Waals surface area contributed by atoms with E-state index in [0.717, 1.165) is 16.7 Å². The Morgan fingerprint density at radius 3 is 2.15 bits per heavy atom. The van der Waals surface area contributed by atoms with E-state index in [2.05, 4.69) is 5.32 Å². The Hall–Kier alpha value is -4.20. The third kappa shape index (κ3) is 7.53. The zero-order valence-electron chi connectivity index (χ0n) is 25.5. The average Bonchev–Trinajstić information content (AvgIpc) is 3.09. The van der Waals surface area contributed by atoms with Crippen LogP contribution in [0.2, 0.25) is 0 Å². The van der Waals surface area contributed by atoms with Gasteiger partial charge in [0.05, 0.1) is 24.9 Å². The van der Waals surface area contributed by atoms with Crippen LogP contribution in [-0.4, -0.2) is 46.8 Å². The Kier molecular flexibility index (Phi) is 10.7. The molecule has 4 aromatic carbocycles. The highest BCUT2D eigenvalue weighted by atomic mass is 19.2. The topological polar surface area (TPSA) is 91.3 Å². The Bertz CT molecular complexity index is 1680. The number of rotatable bonds is 10. The molecule has 0 unspecified atom stereocenters. The molecule has 0 radical (unpaired) electrons. The van der Waals surface area contributed by atoms with Gasteiger partial charge in [0.15, 0.2) is 29.6 Å². The fourth-order valence-electron chi connectivity index (χ4n) is 5.45. The molecule has 248 valence electrons. The molecule has 47 heavy (non-hydrogen) atoms. The monoisotopic (exact) mass is 656 g/mol. The number of benzene rings is 4. The Labute approximate surface area is 268 Å². The number of ether oxygens (including phenoxy) is 2. The minimum absolute atomic E-state index is 0.00802. The molecule has 1 aliphatic rings. The molecule has 0 aliphatic carbocycles. The van der Waals surface area contributed by atoms with Gasteiger partial charge < -0.3 is 25.0 Å². The second-order valence-corrected chi connectivity index (χ2v) is 11.4. The minimum atomic E-state index is -2.37. The lowest BCUT2D eigenvalue weighted by Gasteiger charge is -2.39. The first-order valence-electron chi connectivity index (χ1n) is 14.8. The third-order valence-corrected chi connectivity index (χ3v) is 8.25. The number of likely N-dealkylation sites (N-methyl/N-ethyl adjacent to an activating group) is 1. The highest BCUT2D eigenvalue weighted by Gasteiger charge is 2.35. The van der Waals surface area contributed by atoms with Crippen LogP contribution in [0.25, 0.3) is 0 Å². The number of aliphatic hydroxyl groups excluding tert-OH is 2. The van der Waals surface area contributed by atoms with Gasteiger partial charge in [0.2, 0.25) is 5.82 Å². The molecule has 12 heteroatoms. The van der Waals surface area contributed by atoms with E-state index < -0.39 is 65.2 Å². The average molecular weight is 657 g/mol. The smallest absolute Gasteiger partial charge is 0.261 e. The van der Waals surface area contributed by atoms with E-state index in [9.17, 15) is 37.0 Å². The molecular formula is C35H33F5N2O5. The Balaban J connectivity index is 1.38. The lowest BCUT2D eigenvalue weighted by molar-refractivity contribution is -0.253. The number of halogens is 5. The van der Waals surface area contributed by atoms with Gasteiger partial charge in [0.1, 0.15) is 5.56 Å². The molecule has 1 saturated heterocycles. The second kappa shape index (κ2) is 14.7. The van der Waals surface area contributed by atoms with Gasteiger partial charge in [-0.1, -0.05) is 66.7 Å². The largest absolute Gasteiger partial charge is 0.392 e. The summed E-state index contributed by atoms with van der Waals surface area (Å²) in [6, 6.07) is 22.1. The highest BCUT2D eigenvalue weighted by molar-refractivity contribution is 6.04. The SMILES string of the molecule is C[C@@H]([C@H](O)c1ccccc1)N(C)C[C@@H]1C[C@H](c2ccc(CO)cc2)O[C@H](c2cccc(NC(=O)c3c(F)c(F)c(F)c(F)c3F)c2)O1. The summed E-state index contributed by atoms with van der Waals surface area (Å²) < 4.78 is 82.2. The van der Waals surface area contributed by atoms with Gasteiger partial charge in [-0.3, -0.25) is 9.69 Å². The van der Waals surface area contributed by atoms with E-state index >= 15 is 0 Å². The van der Waals surface area contributed by atoms with Gasteiger partial charge in [0.25, 0.3) is 5.91 Å². The molecule has 7 nitrogen and oxygen atoms in total. The van der Waals surface area contributed by atoms with Crippen LogP contribution in [0, 0.1) is 29.1 Å². The van der Waals surface area contributed by atoms with Crippen molar-refractivity contribution in [3.63, 3.8) is 0 Å². The number of anilines is 1. The molecule has 1 amide bonds. The van der Waals surface area contributed by atoms with Gasteiger partial charge in [-0.25, -0.2) is 22.0 Å². The van der Waals surface area contributed by atoms with E-state index in [-0.39, 0.29) is 18.3 Å².